The zero-order valence-electron chi connectivity index (χ0n) is 11.7. The molecule has 116 valence electrons. The van der Waals surface area contributed by atoms with Crippen molar-refractivity contribution in [3.05, 3.63) is 29.8 Å². The second-order valence-electron chi connectivity index (χ2n) is 4.79. The molecule has 1 heterocycles. The van der Waals surface area contributed by atoms with Crippen molar-refractivity contribution >= 4 is 5.91 Å². The predicted octanol–water partition coefficient (Wildman–Crippen LogP) is 1.35. The van der Waals surface area contributed by atoms with Crippen LogP contribution in [-0.4, -0.2) is 56.8 Å². The van der Waals surface area contributed by atoms with Crippen LogP contribution in [0, 0.1) is 0 Å². The summed E-state index contributed by atoms with van der Waals surface area (Å²) in [5, 5.41) is 3.18. The molecule has 7 heteroatoms. The summed E-state index contributed by atoms with van der Waals surface area (Å²) >= 11 is 0. The fraction of sp³-hybridized carbons (Fsp3) is 0.500. The van der Waals surface area contributed by atoms with E-state index in [1.165, 1.54) is 23.1 Å². The lowest BCUT2D eigenvalue weighted by Crippen LogP contribution is -2.45. The standard InChI is InChI=1S/C14H18F2N2O3/c1-18(9-12-8-17-5-6-20-12)13(19)10-3-2-4-11(7-10)21-14(15)16/h2-4,7,12,14,17H,5-6,8-9H2,1H3. The van der Waals surface area contributed by atoms with Crippen molar-refractivity contribution in [2.45, 2.75) is 12.7 Å². The maximum Gasteiger partial charge on any atom is 0.387 e. The highest BCUT2D eigenvalue weighted by molar-refractivity contribution is 5.94. The number of rotatable bonds is 5. The van der Waals surface area contributed by atoms with E-state index in [1.54, 1.807) is 13.1 Å². The molecule has 1 unspecified atom stereocenters. The van der Waals surface area contributed by atoms with E-state index in [1.807, 2.05) is 0 Å². The number of amides is 1. The second-order valence-corrected chi connectivity index (χ2v) is 4.79. The van der Waals surface area contributed by atoms with Gasteiger partial charge < -0.3 is 19.7 Å². The smallest absolute Gasteiger partial charge is 0.387 e. The average Bonchev–Trinajstić information content (AvgIpc) is 2.47. The van der Waals surface area contributed by atoms with Crippen LogP contribution in [0.25, 0.3) is 0 Å². The minimum atomic E-state index is -2.91. The number of morpholine rings is 1. The van der Waals surface area contributed by atoms with Crippen LogP contribution in [-0.2, 0) is 4.74 Å². The molecule has 1 aromatic rings. The number of carbonyl (C=O) groups excluding carboxylic acids is 1. The first kappa shape index (κ1) is 15.7. The van der Waals surface area contributed by atoms with Crippen LogP contribution in [0.5, 0.6) is 5.75 Å². The summed E-state index contributed by atoms with van der Waals surface area (Å²) < 4.78 is 34.2. The molecule has 0 aliphatic carbocycles. The number of nitrogens with zero attached hydrogens (tertiary/aromatic N) is 1. The molecule has 5 nitrogen and oxygen atoms in total. The largest absolute Gasteiger partial charge is 0.435 e. The van der Waals surface area contributed by atoms with E-state index in [4.69, 9.17) is 4.74 Å². The van der Waals surface area contributed by atoms with Gasteiger partial charge in [0.1, 0.15) is 5.75 Å². The van der Waals surface area contributed by atoms with Gasteiger partial charge in [0.2, 0.25) is 0 Å². The molecule has 1 aliphatic rings. The topological polar surface area (TPSA) is 50.8 Å². The third-order valence-electron chi connectivity index (χ3n) is 3.13. The fourth-order valence-corrected chi connectivity index (χ4v) is 2.15. The van der Waals surface area contributed by atoms with Gasteiger partial charge in [0.25, 0.3) is 5.91 Å². The lowest BCUT2D eigenvalue weighted by atomic mass is 10.2. The van der Waals surface area contributed by atoms with Crippen LogP contribution in [0.15, 0.2) is 24.3 Å². The Hall–Kier alpha value is -1.73. The lowest BCUT2D eigenvalue weighted by Gasteiger charge is -2.28. The van der Waals surface area contributed by atoms with Crippen molar-refractivity contribution < 1.29 is 23.0 Å². The summed E-state index contributed by atoms with van der Waals surface area (Å²) in [6.07, 6.45) is -0.0619. The van der Waals surface area contributed by atoms with Crippen LogP contribution in [0.3, 0.4) is 0 Å². The van der Waals surface area contributed by atoms with Gasteiger partial charge in [-0.1, -0.05) is 6.07 Å². The van der Waals surface area contributed by atoms with Crippen LogP contribution >= 0.6 is 0 Å². The van der Waals surface area contributed by atoms with E-state index in [2.05, 4.69) is 10.1 Å². The highest BCUT2D eigenvalue weighted by Gasteiger charge is 2.20. The second kappa shape index (κ2) is 7.33. The summed E-state index contributed by atoms with van der Waals surface area (Å²) in [5.41, 5.74) is 0.305. The molecule has 2 rings (SSSR count). The zero-order valence-corrected chi connectivity index (χ0v) is 11.7. The SMILES string of the molecule is CN(CC1CNCCO1)C(=O)c1cccc(OC(F)F)c1. The van der Waals surface area contributed by atoms with Crippen LogP contribution in [0.4, 0.5) is 8.78 Å². The van der Waals surface area contributed by atoms with Gasteiger partial charge in [0.05, 0.1) is 12.7 Å². The minimum absolute atomic E-state index is 0.0279. The van der Waals surface area contributed by atoms with Crippen molar-refractivity contribution in [2.75, 3.05) is 33.3 Å². The Kier molecular flexibility index (Phi) is 5.46. The van der Waals surface area contributed by atoms with E-state index < -0.39 is 6.61 Å². The molecule has 0 bridgehead atoms. The zero-order chi connectivity index (χ0) is 15.2. The lowest BCUT2D eigenvalue weighted by molar-refractivity contribution is -0.0499. The Morgan fingerprint density at radius 3 is 3.05 bits per heavy atom. The molecule has 1 fully saturated rings. The molecule has 0 aromatic heterocycles. The number of benzene rings is 1. The van der Waals surface area contributed by atoms with Crippen molar-refractivity contribution in [1.29, 1.82) is 0 Å². The van der Waals surface area contributed by atoms with E-state index in [0.717, 1.165) is 6.54 Å². The van der Waals surface area contributed by atoms with Crippen LogP contribution in [0.2, 0.25) is 0 Å². The van der Waals surface area contributed by atoms with Crippen molar-refractivity contribution in [3.8, 4) is 5.75 Å². The van der Waals surface area contributed by atoms with Gasteiger partial charge in [-0.3, -0.25) is 4.79 Å². The summed E-state index contributed by atoms with van der Waals surface area (Å²) in [4.78, 5) is 13.8. The predicted molar refractivity (Wildman–Crippen MR) is 72.6 cm³/mol. The molecule has 1 N–H and O–H groups in total. The molecular weight excluding hydrogens is 282 g/mol. The normalized spacial score (nSPS) is 18.6. The number of alkyl halides is 2. The maximum absolute atomic E-state index is 12.3. The first-order valence-corrected chi connectivity index (χ1v) is 6.69. The molecule has 1 saturated heterocycles. The van der Waals surface area contributed by atoms with E-state index >= 15 is 0 Å². The van der Waals surface area contributed by atoms with Crippen LogP contribution < -0.4 is 10.1 Å². The Bertz CT molecular complexity index is 479. The van der Waals surface area contributed by atoms with E-state index in [-0.39, 0.29) is 17.8 Å². The molecule has 1 amide bonds. The van der Waals surface area contributed by atoms with Gasteiger partial charge in [-0.15, -0.1) is 0 Å². The quantitative estimate of drug-likeness (QED) is 0.892. The Balaban J connectivity index is 1.97. The first-order valence-electron chi connectivity index (χ1n) is 6.69. The molecule has 1 aliphatic heterocycles. The molecule has 0 saturated carbocycles. The number of hydrogen-bond acceptors (Lipinski definition) is 4. The van der Waals surface area contributed by atoms with Crippen molar-refractivity contribution in [1.82, 2.24) is 10.2 Å². The summed E-state index contributed by atoms with van der Waals surface area (Å²) in [6, 6.07) is 5.77. The van der Waals surface area contributed by atoms with Crippen LogP contribution in [0.1, 0.15) is 10.4 Å². The number of halogens is 2. The first-order chi connectivity index (χ1) is 10.1. The third kappa shape index (κ3) is 4.64. The number of ether oxygens (including phenoxy) is 2. The number of carbonyl (C=O) groups is 1. The molecule has 0 spiro atoms. The summed E-state index contributed by atoms with van der Waals surface area (Å²) in [6.45, 7) is -0.362. The molecular formula is C14H18F2N2O3. The monoisotopic (exact) mass is 300 g/mol. The highest BCUT2D eigenvalue weighted by Crippen LogP contribution is 2.17. The molecule has 21 heavy (non-hydrogen) atoms. The third-order valence-corrected chi connectivity index (χ3v) is 3.13. The van der Waals surface area contributed by atoms with E-state index in [0.29, 0.717) is 25.3 Å². The van der Waals surface area contributed by atoms with Gasteiger partial charge in [0.15, 0.2) is 0 Å². The Morgan fingerprint density at radius 1 is 1.57 bits per heavy atom. The fourth-order valence-electron chi connectivity index (χ4n) is 2.15. The average molecular weight is 300 g/mol. The van der Waals surface area contributed by atoms with Gasteiger partial charge in [0, 0.05) is 32.2 Å². The Labute approximate surface area is 121 Å². The summed E-state index contributed by atoms with van der Waals surface area (Å²) in [5.74, 6) is -0.288. The number of hydrogen-bond donors (Lipinski definition) is 1. The summed E-state index contributed by atoms with van der Waals surface area (Å²) in [7, 11) is 1.65. The number of nitrogens with one attached hydrogen (secondary N) is 1. The van der Waals surface area contributed by atoms with Gasteiger partial charge >= 0.3 is 6.61 Å². The molecule has 1 aromatic carbocycles. The molecule has 1 atom stereocenters. The van der Waals surface area contributed by atoms with Gasteiger partial charge in [-0.25, -0.2) is 0 Å². The Morgan fingerprint density at radius 2 is 2.38 bits per heavy atom. The van der Waals surface area contributed by atoms with E-state index in [9.17, 15) is 13.6 Å². The minimum Gasteiger partial charge on any atom is -0.435 e. The maximum atomic E-state index is 12.3. The van der Waals surface area contributed by atoms with Crippen molar-refractivity contribution in [2.24, 2.45) is 0 Å². The van der Waals surface area contributed by atoms with Gasteiger partial charge in [-0.2, -0.15) is 8.78 Å². The number of likely N-dealkylation sites (N-methyl/N-ethyl adjacent to an activating group) is 1. The molecule has 0 radical (unpaired) electrons. The van der Waals surface area contributed by atoms with Gasteiger partial charge in [-0.05, 0) is 18.2 Å². The van der Waals surface area contributed by atoms with Crippen molar-refractivity contribution in [3.63, 3.8) is 0 Å². The highest BCUT2D eigenvalue weighted by atomic mass is 19.3.